The second kappa shape index (κ2) is 11.0. The Morgan fingerprint density at radius 2 is 0.933 bits per heavy atom. The Morgan fingerprint density at radius 3 is 1.27 bits per heavy atom. The number of likely N-dealkylation sites (N-methyl/N-ethyl adjacent to an activating group) is 1. The molecule has 5 nitrogen and oxygen atoms in total. The summed E-state index contributed by atoms with van der Waals surface area (Å²) in [4.78, 5) is 18.7. The highest BCUT2D eigenvalue weighted by atomic mass is 15.2. The Morgan fingerprint density at radius 1 is 0.567 bits per heavy atom. The van der Waals surface area contributed by atoms with Gasteiger partial charge in [-0.15, -0.1) is 0 Å². The van der Waals surface area contributed by atoms with Crippen LogP contribution in [0.15, 0.2) is 55.0 Å². The van der Waals surface area contributed by atoms with Crippen molar-refractivity contribution in [2.45, 2.75) is 47.3 Å². The molecule has 0 N–H and O–H groups in total. The Hall–Kier alpha value is -2.63. The molecule has 5 heteroatoms. The van der Waals surface area contributed by atoms with Gasteiger partial charge < -0.3 is 0 Å². The van der Waals surface area contributed by atoms with Crippen molar-refractivity contribution in [2.24, 2.45) is 0 Å². The minimum atomic E-state index is 0.816. The van der Waals surface area contributed by atoms with E-state index >= 15 is 0 Å². The Labute approximate surface area is 180 Å². The number of hydrogen-bond donors (Lipinski definition) is 0. The molecule has 0 aliphatic heterocycles. The van der Waals surface area contributed by atoms with Crippen LogP contribution in [0.4, 0.5) is 0 Å². The lowest BCUT2D eigenvalue weighted by molar-refractivity contribution is 0.189. The molecule has 0 aromatic carbocycles. The van der Waals surface area contributed by atoms with Gasteiger partial charge in [0.15, 0.2) is 0 Å². The first-order valence-electron chi connectivity index (χ1n) is 10.7. The molecule has 30 heavy (non-hydrogen) atoms. The molecule has 3 aromatic heterocycles. The number of hydrogen-bond acceptors (Lipinski definition) is 5. The summed E-state index contributed by atoms with van der Waals surface area (Å²) in [6, 6.07) is 12.8. The summed E-state index contributed by atoms with van der Waals surface area (Å²) in [5, 5.41) is 0. The average molecular weight is 404 g/mol. The number of aromatic nitrogens is 3. The van der Waals surface area contributed by atoms with E-state index in [2.05, 4.69) is 88.8 Å². The molecule has 0 atom stereocenters. The van der Waals surface area contributed by atoms with Crippen LogP contribution in [-0.4, -0.2) is 44.4 Å². The summed E-state index contributed by atoms with van der Waals surface area (Å²) >= 11 is 0. The van der Waals surface area contributed by atoms with Gasteiger partial charge in [-0.05, 0) is 62.2 Å². The monoisotopic (exact) mass is 403 g/mol. The second-order valence-electron chi connectivity index (χ2n) is 8.06. The van der Waals surface area contributed by atoms with Gasteiger partial charge >= 0.3 is 0 Å². The minimum Gasteiger partial charge on any atom is -0.297 e. The molecule has 0 amide bonds. The molecular weight excluding hydrogens is 370 g/mol. The summed E-state index contributed by atoms with van der Waals surface area (Å²) in [6.07, 6.45) is 5.83. The maximum absolute atomic E-state index is 4.61. The maximum Gasteiger partial charge on any atom is 0.0544 e. The van der Waals surface area contributed by atoms with Gasteiger partial charge in [0.1, 0.15) is 0 Å². The van der Waals surface area contributed by atoms with Gasteiger partial charge in [-0.3, -0.25) is 24.8 Å². The minimum absolute atomic E-state index is 0.816. The number of nitrogens with zero attached hydrogens (tertiary/aromatic N) is 5. The summed E-state index contributed by atoms with van der Waals surface area (Å²) in [5.41, 5.74) is 6.88. The van der Waals surface area contributed by atoms with E-state index in [-0.39, 0.29) is 0 Å². The van der Waals surface area contributed by atoms with E-state index in [1.807, 2.05) is 18.6 Å². The van der Waals surface area contributed by atoms with Gasteiger partial charge in [0.25, 0.3) is 0 Å². The first-order chi connectivity index (χ1) is 14.5. The van der Waals surface area contributed by atoms with Gasteiger partial charge in [0.2, 0.25) is 0 Å². The number of pyridine rings is 3. The Balaban J connectivity index is 1.65. The van der Waals surface area contributed by atoms with Gasteiger partial charge in [0, 0.05) is 51.3 Å². The van der Waals surface area contributed by atoms with Crippen molar-refractivity contribution >= 4 is 0 Å². The van der Waals surface area contributed by atoms with Crippen LogP contribution in [-0.2, 0) is 19.6 Å². The van der Waals surface area contributed by atoms with Crippen LogP contribution < -0.4 is 0 Å². The molecular formula is C25H33N5. The third kappa shape index (κ3) is 7.01. The lowest BCUT2D eigenvalue weighted by Crippen LogP contribution is -2.35. The molecule has 0 bridgehead atoms. The van der Waals surface area contributed by atoms with E-state index in [4.69, 9.17) is 0 Å². The summed E-state index contributed by atoms with van der Waals surface area (Å²) in [6.45, 7) is 13.9. The lowest BCUT2D eigenvalue weighted by atomic mass is 10.2. The predicted molar refractivity (Wildman–Crippen MR) is 122 cm³/mol. The largest absolute Gasteiger partial charge is 0.297 e. The van der Waals surface area contributed by atoms with Crippen LogP contribution in [0.3, 0.4) is 0 Å². The predicted octanol–water partition coefficient (Wildman–Crippen LogP) is 4.32. The van der Waals surface area contributed by atoms with Crippen molar-refractivity contribution < 1.29 is 0 Å². The number of rotatable bonds is 10. The van der Waals surface area contributed by atoms with Crippen molar-refractivity contribution in [1.82, 2.24) is 24.8 Å². The molecule has 158 valence electrons. The quantitative estimate of drug-likeness (QED) is 0.504. The van der Waals surface area contributed by atoms with Crippen molar-refractivity contribution in [3.63, 3.8) is 0 Å². The molecule has 3 rings (SSSR count). The highest BCUT2D eigenvalue weighted by Crippen LogP contribution is 2.10. The summed E-state index contributed by atoms with van der Waals surface area (Å²) in [7, 11) is 0. The molecule has 0 spiro atoms. The summed E-state index contributed by atoms with van der Waals surface area (Å²) < 4.78 is 0. The Kier molecular flexibility index (Phi) is 8.05. The fourth-order valence-electron chi connectivity index (χ4n) is 3.31. The van der Waals surface area contributed by atoms with Crippen LogP contribution in [0.5, 0.6) is 0 Å². The van der Waals surface area contributed by atoms with Crippen LogP contribution in [0, 0.1) is 20.8 Å². The second-order valence-corrected chi connectivity index (χ2v) is 8.06. The molecule has 0 fully saturated rings. The molecule has 0 radical (unpaired) electrons. The van der Waals surface area contributed by atoms with Gasteiger partial charge in [-0.2, -0.15) is 0 Å². The zero-order valence-corrected chi connectivity index (χ0v) is 18.7. The smallest absolute Gasteiger partial charge is 0.0544 e. The van der Waals surface area contributed by atoms with E-state index in [0.29, 0.717) is 0 Å². The third-order valence-corrected chi connectivity index (χ3v) is 5.25. The third-order valence-electron chi connectivity index (χ3n) is 5.25. The van der Waals surface area contributed by atoms with E-state index < -0.39 is 0 Å². The SMILES string of the molecule is CCN(CCN(Cc1ccc(C)cn1)Cc1ccc(C)cn1)Cc1ccc(C)cn1. The normalized spacial score (nSPS) is 11.4. The van der Waals surface area contributed by atoms with Gasteiger partial charge in [0.05, 0.1) is 17.1 Å². The van der Waals surface area contributed by atoms with Crippen LogP contribution in [0.1, 0.15) is 40.7 Å². The first kappa shape index (κ1) is 22.1. The van der Waals surface area contributed by atoms with E-state index in [9.17, 15) is 0 Å². The van der Waals surface area contributed by atoms with Crippen LogP contribution in [0.2, 0.25) is 0 Å². The molecule has 0 aliphatic rings. The van der Waals surface area contributed by atoms with Crippen molar-refractivity contribution in [1.29, 1.82) is 0 Å². The van der Waals surface area contributed by atoms with Crippen molar-refractivity contribution in [3.8, 4) is 0 Å². The fourth-order valence-corrected chi connectivity index (χ4v) is 3.31. The average Bonchev–Trinajstić information content (AvgIpc) is 2.75. The van der Waals surface area contributed by atoms with Crippen molar-refractivity contribution in [2.75, 3.05) is 19.6 Å². The highest BCUT2D eigenvalue weighted by molar-refractivity contribution is 5.14. The number of aryl methyl sites for hydroxylation is 3. The van der Waals surface area contributed by atoms with E-state index in [0.717, 1.165) is 56.4 Å². The van der Waals surface area contributed by atoms with E-state index in [1.165, 1.54) is 16.7 Å². The molecule has 0 saturated carbocycles. The standard InChI is InChI=1S/C25H33N5/c1-5-29(17-23-9-6-20(2)14-26-23)12-13-30(18-24-10-7-21(3)15-27-24)19-25-11-8-22(4)16-28-25/h6-11,14-16H,5,12-13,17-19H2,1-4H3. The van der Waals surface area contributed by atoms with Crippen molar-refractivity contribution in [3.05, 3.63) is 88.8 Å². The van der Waals surface area contributed by atoms with Crippen LogP contribution in [0.25, 0.3) is 0 Å². The zero-order chi connectivity index (χ0) is 21.3. The molecule has 0 unspecified atom stereocenters. The summed E-state index contributed by atoms with van der Waals surface area (Å²) in [5.74, 6) is 0. The van der Waals surface area contributed by atoms with Gasteiger partial charge in [-0.1, -0.05) is 25.1 Å². The van der Waals surface area contributed by atoms with E-state index in [1.54, 1.807) is 0 Å². The molecule has 0 aliphatic carbocycles. The zero-order valence-electron chi connectivity index (χ0n) is 18.7. The lowest BCUT2D eigenvalue weighted by Gasteiger charge is -2.26. The Bertz CT molecular complexity index is 841. The molecule has 3 heterocycles. The molecule has 3 aromatic rings. The molecule has 0 saturated heterocycles. The first-order valence-corrected chi connectivity index (χ1v) is 10.7. The highest BCUT2D eigenvalue weighted by Gasteiger charge is 2.12. The van der Waals surface area contributed by atoms with Crippen LogP contribution >= 0.6 is 0 Å². The fraction of sp³-hybridized carbons (Fsp3) is 0.400. The van der Waals surface area contributed by atoms with Gasteiger partial charge in [-0.25, -0.2) is 0 Å². The maximum atomic E-state index is 4.61. The topological polar surface area (TPSA) is 45.2 Å².